The maximum atomic E-state index is 10.8. The Hall–Kier alpha value is -1.68. The molecule has 0 aliphatic rings. The Morgan fingerprint density at radius 1 is 1.33 bits per heavy atom. The van der Waals surface area contributed by atoms with Gasteiger partial charge in [-0.05, 0) is 24.5 Å². The van der Waals surface area contributed by atoms with Gasteiger partial charge in [-0.15, -0.1) is 11.3 Å². The van der Waals surface area contributed by atoms with E-state index in [4.69, 9.17) is 5.11 Å². The number of aromatic carboxylic acids is 1. The van der Waals surface area contributed by atoms with Crippen LogP contribution in [0.25, 0.3) is 10.6 Å². The third-order valence-corrected chi connectivity index (χ3v) is 3.49. The SMILES string of the molecule is CC(C)Cc1csc(-c2ccc(C(=O)O)cc2)n1. The van der Waals surface area contributed by atoms with E-state index in [-0.39, 0.29) is 0 Å². The third kappa shape index (κ3) is 2.96. The number of carbonyl (C=O) groups is 1. The number of hydrogen-bond acceptors (Lipinski definition) is 3. The van der Waals surface area contributed by atoms with Crippen LogP contribution < -0.4 is 0 Å². The largest absolute Gasteiger partial charge is 0.478 e. The molecule has 3 nitrogen and oxygen atoms in total. The van der Waals surface area contributed by atoms with E-state index in [9.17, 15) is 4.79 Å². The Morgan fingerprint density at radius 3 is 2.56 bits per heavy atom. The van der Waals surface area contributed by atoms with Crippen LogP contribution in [0.3, 0.4) is 0 Å². The molecule has 0 radical (unpaired) electrons. The van der Waals surface area contributed by atoms with Gasteiger partial charge in [0.05, 0.1) is 11.3 Å². The maximum Gasteiger partial charge on any atom is 0.335 e. The minimum absolute atomic E-state index is 0.303. The molecule has 18 heavy (non-hydrogen) atoms. The summed E-state index contributed by atoms with van der Waals surface area (Å²) in [4.78, 5) is 15.3. The standard InChI is InChI=1S/C14H15NO2S/c1-9(2)7-12-8-18-13(15-12)10-3-5-11(6-4-10)14(16)17/h3-6,8-9H,7H2,1-2H3,(H,16,17). The molecule has 0 aliphatic carbocycles. The minimum Gasteiger partial charge on any atom is -0.478 e. The second-order valence-electron chi connectivity index (χ2n) is 4.62. The van der Waals surface area contributed by atoms with Gasteiger partial charge in [-0.3, -0.25) is 0 Å². The zero-order valence-corrected chi connectivity index (χ0v) is 11.2. The number of rotatable bonds is 4. The number of carboxylic acids is 1. The lowest BCUT2D eigenvalue weighted by molar-refractivity contribution is 0.0697. The Morgan fingerprint density at radius 2 is 2.00 bits per heavy atom. The predicted octanol–water partition coefficient (Wildman–Crippen LogP) is 3.71. The van der Waals surface area contributed by atoms with Crippen LogP contribution in [0.1, 0.15) is 29.9 Å². The average Bonchev–Trinajstić information content (AvgIpc) is 2.76. The molecule has 0 fully saturated rings. The van der Waals surface area contributed by atoms with Crippen molar-refractivity contribution in [2.24, 2.45) is 5.92 Å². The quantitative estimate of drug-likeness (QED) is 0.912. The van der Waals surface area contributed by atoms with Gasteiger partial charge >= 0.3 is 5.97 Å². The maximum absolute atomic E-state index is 10.8. The van der Waals surface area contributed by atoms with Crippen LogP contribution in [0, 0.1) is 5.92 Å². The molecule has 0 aliphatic heterocycles. The number of benzene rings is 1. The predicted molar refractivity (Wildman–Crippen MR) is 73.1 cm³/mol. The summed E-state index contributed by atoms with van der Waals surface area (Å²) < 4.78 is 0. The lowest BCUT2D eigenvalue weighted by Crippen LogP contribution is -1.95. The van der Waals surface area contributed by atoms with Crippen molar-refractivity contribution in [1.82, 2.24) is 4.98 Å². The highest BCUT2D eigenvalue weighted by atomic mass is 32.1. The zero-order valence-electron chi connectivity index (χ0n) is 10.4. The summed E-state index contributed by atoms with van der Waals surface area (Å²) >= 11 is 1.60. The smallest absolute Gasteiger partial charge is 0.335 e. The summed E-state index contributed by atoms with van der Waals surface area (Å²) in [7, 11) is 0. The van der Waals surface area contributed by atoms with Gasteiger partial charge < -0.3 is 5.11 Å². The Kier molecular flexibility index (Phi) is 3.77. The fourth-order valence-corrected chi connectivity index (χ4v) is 2.55. The van der Waals surface area contributed by atoms with Crippen molar-refractivity contribution >= 4 is 17.3 Å². The monoisotopic (exact) mass is 261 g/mol. The number of carboxylic acid groups (broad SMARTS) is 1. The molecule has 0 unspecified atom stereocenters. The molecule has 1 aromatic heterocycles. The van der Waals surface area contributed by atoms with Crippen LogP contribution >= 0.6 is 11.3 Å². The highest BCUT2D eigenvalue weighted by Crippen LogP contribution is 2.25. The summed E-state index contributed by atoms with van der Waals surface area (Å²) in [5, 5.41) is 11.9. The Bertz CT molecular complexity index is 543. The highest BCUT2D eigenvalue weighted by molar-refractivity contribution is 7.13. The van der Waals surface area contributed by atoms with E-state index in [1.54, 1.807) is 35.6 Å². The van der Waals surface area contributed by atoms with Gasteiger partial charge in [0.25, 0.3) is 0 Å². The second-order valence-corrected chi connectivity index (χ2v) is 5.48. The first-order valence-corrected chi connectivity index (χ1v) is 6.72. The lowest BCUT2D eigenvalue weighted by atomic mass is 10.1. The van der Waals surface area contributed by atoms with E-state index in [1.165, 1.54) is 0 Å². The molecule has 2 aromatic rings. The van der Waals surface area contributed by atoms with Crippen molar-refractivity contribution < 1.29 is 9.90 Å². The van der Waals surface area contributed by atoms with Crippen LogP contribution in [-0.2, 0) is 6.42 Å². The molecule has 2 rings (SSSR count). The minimum atomic E-state index is -0.902. The van der Waals surface area contributed by atoms with E-state index in [1.807, 2.05) is 0 Å². The fourth-order valence-electron chi connectivity index (χ4n) is 1.71. The summed E-state index contributed by atoms with van der Waals surface area (Å²) in [5.74, 6) is -0.310. The molecule has 0 saturated carbocycles. The molecule has 0 bridgehead atoms. The summed E-state index contributed by atoms with van der Waals surface area (Å²) in [6, 6.07) is 6.84. The topological polar surface area (TPSA) is 50.2 Å². The van der Waals surface area contributed by atoms with E-state index in [0.29, 0.717) is 11.5 Å². The van der Waals surface area contributed by atoms with Gasteiger partial charge in [0.15, 0.2) is 0 Å². The average molecular weight is 261 g/mol. The van der Waals surface area contributed by atoms with Crippen LogP contribution in [0.4, 0.5) is 0 Å². The summed E-state index contributed by atoms with van der Waals surface area (Å²) in [6.45, 7) is 4.33. The molecule has 4 heteroatoms. The zero-order chi connectivity index (χ0) is 13.1. The van der Waals surface area contributed by atoms with E-state index in [0.717, 1.165) is 22.7 Å². The third-order valence-electron chi connectivity index (χ3n) is 2.55. The Labute approximate surface area is 110 Å². The van der Waals surface area contributed by atoms with Gasteiger partial charge in [-0.25, -0.2) is 9.78 Å². The molecule has 0 saturated heterocycles. The number of aromatic nitrogens is 1. The summed E-state index contributed by atoms with van der Waals surface area (Å²) in [6.07, 6.45) is 0.976. The van der Waals surface area contributed by atoms with E-state index < -0.39 is 5.97 Å². The second kappa shape index (κ2) is 5.31. The van der Waals surface area contributed by atoms with Crippen molar-refractivity contribution in [3.63, 3.8) is 0 Å². The van der Waals surface area contributed by atoms with Crippen LogP contribution in [-0.4, -0.2) is 16.1 Å². The first kappa shape index (κ1) is 12.8. The first-order valence-electron chi connectivity index (χ1n) is 5.84. The van der Waals surface area contributed by atoms with Crippen molar-refractivity contribution in [3.05, 3.63) is 40.9 Å². The lowest BCUT2D eigenvalue weighted by Gasteiger charge is -2.00. The molecule has 1 heterocycles. The van der Waals surface area contributed by atoms with Gasteiger partial charge in [0, 0.05) is 10.9 Å². The van der Waals surface area contributed by atoms with Crippen LogP contribution in [0.5, 0.6) is 0 Å². The number of thiazole rings is 1. The molecule has 1 aromatic carbocycles. The van der Waals surface area contributed by atoms with Crippen molar-refractivity contribution in [2.75, 3.05) is 0 Å². The number of nitrogens with zero attached hydrogens (tertiary/aromatic N) is 1. The van der Waals surface area contributed by atoms with Gasteiger partial charge in [0.1, 0.15) is 5.01 Å². The van der Waals surface area contributed by atoms with Crippen LogP contribution in [0.2, 0.25) is 0 Å². The van der Waals surface area contributed by atoms with Gasteiger partial charge in [-0.1, -0.05) is 26.0 Å². The van der Waals surface area contributed by atoms with Gasteiger partial charge in [-0.2, -0.15) is 0 Å². The number of hydrogen-bond donors (Lipinski definition) is 1. The highest BCUT2D eigenvalue weighted by Gasteiger charge is 2.07. The van der Waals surface area contributed by atoms with E-state index >= 15 is 0 Å². The summed E-state index contributed by atoms with van der Waals surface area (Å²) in [5.41, 5.74) is 2.38. The van der Waals surface area contributed by atoms with Gasteiger partial charge in [0.2, 0.25) is 0 Å². The van der Waals surface area contributed by atoms with Crippen molar-refractivity contribution in [2.45, 2.75) is 20.3 Å². The Balaban J connectivity index is 2.20. The molecule has 0 spiro atoms. The fraction of sp³-hybridized carbons (Fsp3) is 0.286. The van der Waals surface area contributed by atoms with E-state index in [2.05, 4.69) is 24.2 Å². The molecule has 1 N–H and O–H groups in total. The van der Waals surface area contributed by atoms with Crippen LogP contribution in [0.15, 0.2) is 29.6 Å². The molecular weight excluding hydrogens is 246 g/mol. The molecule has 0 amide bonds. The van der Waals surface area contributed by atoms with Crippen molar-refractivity contribution in [3.8, 4) is 10.6 Å². The van der Waals surface area contributed by atoms with Crippen molar-refractivity contribution in [1.29, 1.82) is 0 Å². The molecule has 0 atom stereocenters. The normalized spacial score (nSPS) is 10.8. The first-order chi connectivity index (χ1) is 8.56. The molecule has 94 valence electrons. The molecular formula is C14H15NO2S.